The van der Waals surface area contributed by atoms with Crippen molar-refractivity contribution < 1.29 is 7.86 Å². The molecule has 0 aromatic heterocycles. The van der Waals surface area contributed by atoms with Gasteiger partial charge in [-0.3, -0.25) is 4.79 Å². The van der Waals surface area contributed by atoms with Gasteiger partial charge in [0.25, 0.3) is 0 Å². The lowest BCUT2D eigenvalue weighted by Crippen LogP contribution is -2.42. The van der Waals surface area contributed by atoms with Gasteiger partial charge in [0.2, 0.25) is 0 Å². The molecule has 0 bridgehead atoms. The molecule has 4 rings (SSSR count). The fourth-order valence-corrected chi connectivity index (χ4v) is 5.65. The van der Waals surface area contributed by atoms with Crippen LogP contribution < -0.4 is 3.07 Å². The molecule has 2 saturated carbocycles. The first kappa shape index (κ1) is 14.0. The quantitative estimate of drug-likeness (QED) is 0.635. The minimum absolute atomic E-state index is 0.00999. The lowest BCUT2D eigenvalue weighted by Gasteiger charge is -2.48. The Morgan fingerprint density at radius 3 is 2.90 bits per heavy atom. The van der Waals surface area contributed by atoms with E-state index in [1.165, 1.54) is 24.0 Å². The first-order chi connectivity index (χ1) is 10.1. The van der Waals surface area contributed by atoms with E-state index in [1.807, 2.05) is 23.0 Å². The van der Waals surface area contributed by atoms with Gasteiger partial charge in [0.1, 0.15) is 11.5 Å². The van der Waals surface area contributed by atoms with Crippen LogP contribution in [0, 0.1) is 17.3 Å². The van der Waals surface area contributed by atoms with E-state index in [1.54, 1.807) is 0 Å². The van der Waals surface area contributed by atoms with Gasteiger partial charge in [0.15, 0.2) is 23.0 Å². The number of hydrogen-bond donors (Lipinski definition) is 0. The Balaban J connectivity index is 1.70. The molecule has 2 nitrogen and oxygen atoms in total. The van der Waals surface area contributed by atoms with E-state index in [0.29, 0.717) is 23.5 Å². The number of hydrogen-bond acceptors (Lipinski definition) is 2. The topological polar surface area (TPSA) is 26.3 Å². The van der Waals surface area contributed by atoms with Crippen molar-refractivity contribution in [2.45, 2.75) is 51.4 Å². The van der Waals surface area contributed by atoms with Crippen LogP contribution in [-0.2, 0) is 11.2 Å². The van der Waals surface area contributed by atoms with Crippen molar-refractivity contribution in [3.63, 3.8) is 0 Å². The number of aryl methyl sites for hydroxylation is 1. The summed E-state index contributed by atoms with van der Waals surface area (Å²) in [6, 6.07) is 6.59. The zero-order chi connectivity index (χ0) is 14.6. The summed E-state index contributed by atoms with van der Waals surface area (Å²) >= 11 is 1.95. The molecule has 0 radical (unpaired) electrons. The average Bonchev–Trinajstić information content (AvgIpc) is 2.82. The Morgan fingerprint density at radius 1 is 1.24 bits per heavy atom. The monoisotopic (exact) mass is 396 g/mol. The van der Waals surface area contributed by atoms with Gasteiger partial charge in [-0.05, 0) is 73.1 Å². The van der Waals surface area contributed by atoms with Gasteiger partial charge < -0.3 is 3.07 Å². The van der Waals surface area contributed by atoms with Crippen molar-refractivity contribution in [3.05, 3.63) is 29.3 Å². The van der Waals surface area contributed by atoms with Crippen molar-refractivity contribution in [3.8, 4) is 5.75 Å². The van der Waals surface area contributed by atoms with Crippen LogP contribution in [0.25, 0.3) is 0 Å². The fourth-order valence-electron chi connectivity index (χ4n) is 5.38. The smallest absolute Gasteiger partial charge is 0.192 e. The lowest BCUT2D eigenvalue weighted by molar-refractivity contribution is -0.129. The number of carbonyl (C=O) groups is 1. The maximum absolute atomic E-state index is 12.3. The summed E-state index contributed by atoms with van der Waals surface area (Å²) in [7, 11) is 0. The second-order valence-electron chi connectivity index (χ2n) is 7.27. The summed E-state index contributed by atoms with van der Waals surface area (Å²) in [6.45, 7) is 2.24. The van der Waals surface area contributed by atoms with E-state index >= 15 is 0 Å². The summed E-state index contributed by atoms with van der Waals surface area (Å²) in [5.74, 6) is 3.50. The molecule has 0 N–H and O–H groups in total. The van der Waals surface area contributed by atoms with Crippen LogP contribution in [0.4, 0.5) is 0 Å². The van der Waals surface area contributed by atoms with Crippen LogP contribution >= 0.6 is 23.0 Å². The highest BCUT2D eigenvalue weighted by atomic mass is 127. The normalized spacial score (nSPS) is 37.6. The molecular formula is C18H21IO2. The summed E-state index contributed by atoms with van der Waals surface area (Å²) in [4.78, 5) is 12.3. The molecule has 2 fully saturated rings. The van der Waals surface area contributed by atoms with Crippen molar-refractivity contribution in [1.29, 1.82) is 0 Å². The number of benzene rings is 1. The second kappa shape index (κ2) is 4.97. The summed E-state index contributed by atoms with van der Waals surface area (Å²) in [5.41, 5.74) is 2.99. The second-order valence-corrected chi connectivity index (χ2v) is 7.71. The van der Waals surface area contributed by atoms with E-state index in [9.17, 15) is 4.79 Å². The minimum atomic E-state index is -0.00999. The van der Waals surface area contributed by atoms with Crippen molar-refractivity contribution >= 4 is 28.8 Å². The third-order valence-corrected chi connectivity index (χ3v) is 7.00. The standard InChI is InChI=1S/C18H21IO2/c1-18-9-8-14-13-5-3-12(21-19)10-11(13)2-4-15(14)16(18)6-7-17(18)20/h3,5,10,14-16H,2,4,6-9H2,1H3/t14?,15?,16?,18-/m0/s1. The molecule has 112 valence electrons. The predicted octanol–water partition coefficient (Wildman–Crippen LogP) is 4.84. The molecule has 0 heterocycles. The number of ketones is 1. The number of Topliss-reactive ketones (excluding diaryl/α,β-unsaturated/α-hetero) is 1. The summed E-state index contributed by atoms with van der Waals surface area (Å²) in [6.07, 6.45) is 6.60. The molecule has 3 aliphatic carbocycles. The molecule has 0 spiro atoms. The van der Waals surface area contributed by atoms with E-state index < -0.39 is 0 Å². The van der Waals surface area contributed by atoms with Crippen molar-refractivity contribution in [2.24, 2.45) is 17.3 Å². The highest BCUT2D eigenvalue weighted by molar-refractivity contribution is 14.1. The number of halogens is 1. The molecule has 21 heavy (non-hydrogen) atoms. The van der Waals surface area contributed by atoms with Crippen LogP contribution in [-0.4, -0.2) is 5.78 Å². The van der Waals surface area contributed by atoms with Crippen LogP contribution in [0.3, 0.4) is 0 Å². The van der Waals surface area contributed by atoms with E-state index in [0.717, 1.165) is 31.4 Å². The number of carbonyl (C=O) groups excluding carboxylic acids is 1. The Labute approximate surface area is 140 Å². The maximum atomic E-state index is 12.3. The van der Waals surface area contributed by atoms with E-state index in [-0.39, 0.29) is 5.41 Å². The molecule has 0 amide bonds. The SMILES string of the molecule is C[C@]12CCC3c4ccc(OI)cc4CCC3C1CCC2=O. The van der Waals surface area contributed by atoms with Gasteiger partial charge in [-0.25, -0.2) is 0 Å². The molecule has 0 aliphatic heterocycles. The molecule has 1 aromatic carbocycles. The zero-order valence-corrected chi connectivity index (χ0v) is 14.6. The molecule has 1 aromatic rings. The van der Waals surface area contributed by atoms with Crippen molar-refractivity contribution in [2.75, 3.05) is 0 Å². The average molecular weight is 396 g/mol. The Hall–Kier alpha value is -0.580. The van der Waals surface area contributed by atoms with E-state index in [2.05, 4.69) is 25.1 Å². The third-order valence-electron chi connectivity index (χ3n) is 6.50. The van der Waals surface area contributed by atoms with Gasteiger partial charge in [-0.2, -0.15) is 0 Å². The van der Waals surface area contributed by atoms with Crippen LogP contribution in [0.5, 0.6) is 5.75 Å². The predicted molar refractivity (Wildman–Crippen MR) is 90.7 cm³/mol. The summed E-state index contributed by atoms with van der Waals surface area (Å²) < 4.78 is 5.34. The Bertz CT molecular complexity index is 597. The van der Waals surface area contributed by atoms with Gasteiger partial charge in [-0.1, -0.05) is 13.0 Å². The third kappa shape index (κ3) is 1.99. The fraction of sp³-hybridized carbons (Fsp3) is 0.611. The van der Waals surface area contributed by atoms with Gasteiger partial charge in [0.05, 0.1) is 0 Å². The largest absolute Gasteiger partial charge is 0.428 e. The Kier molecular flexibility index (Phi) is 3.32. The molecule has 3 aliphatic rings. The van der Waals surface area contributed by atoms with Gasteiger partial charge >= 0.3 is 0 Å². The molecule has 3 unspecified atom stereocenters. The van der Waals surface area contributed by atoms with Crippen molar-refractivity contribution in [1.82, 2.24) is 0 Å². The highest BCUT2D eigenvalue weighted by Crippen LogP contribution is 2.59. The summed E-state index contributed by atoms with van der Waals surface area (Å²) in [5, 5.41) is 0. The van der Waals surface area contributed by atoms with E-state index in [4.69, 9.17) is 3.07 Å². The highest BCUT2D eigenvalue weighted by Gasteiger charge is 2.54. The molecule has 3 heteroatoms. The number of rotatable bonds is 1. The molecule has 4 atom stereocenters. The van der Waals surface area contributed by atoms with Crippen LogP contribution in [0.2, 0.25) is 0 Å². The first-order valence-corrected chi connectivity index (χ1v) is 8.96. The van der Waals surface area contributed by atoms with Gasteiger partial charge in [0, 0.05) is 11.8 Å². The molecular weight excluding hydrogens is 375 g/mol. The lowest BCUT2D eigenvalue weighted by atomic mass is 9.55. The Morgan fingerprint density at radius 2 is 2.10 bits per heavy atom. The minimum Gasteiger partial charge on any atom is -0.428 e. The van der Waals surface area contributed by atoms with Crippen LogP contribution in [0.1, 0.15) is 56.1 Å². The van der Waals surface area contributed by atoms with Gasteiger partial charge in [-0.15, -0.1) is 0 Å². The molecule has 0 saturated heterocycles. The maximum Gasteiger partial charge on any atom is 0.192 e. The van der Waals surface area contributed by atoms with Crippen LogP contribution in [0.15, 0.2) is 18.2 Å². The number of fused-ring (bicyclic) bond motifs is 5. The first-order valence-electron chi connectivity index (χ1n) is 8.08. The zero-order valence-electron chi connectivity index (χ0n) is 12.4.